The normalized spacial score (nSPS) is 24.3. The number of nitrogens with one attached hydrogen (secondary N) is 1. The number of methoxy groups -OCH3 is 1. The Morgan fingerprint density at radius 3 is 2.81 bits per heavy atom. The molecular formula is C12H15NO3. The number of carboxylic acids is 1. The first-order valence-electron chi connectivity index (χ1n) is 5.28. The molecule has 1 atom stereocenters. The number of rotatable bonds is 3. The molecule has 0 saturated carbocycles. The van der Waals surface area contributed by atoms with E-state index in [4.69, 9.17) is 4.74 Å². The second kappa shape index (κ2) is 4.14. The van der Waals surface area contributed by atoms with E-state index in [2.05, 4.69) is 5.32 Å². The van der Waals surface area contributed by atoms with Crippen molar-refractivity contribution < 1.29 is 14.6 Å². The Bertz CT molecular complexity index is 397. The van der Waals surface area contributed by atoms with Gasteiger partial charge in [0.15, 0.2) is 0 Å². The molecular weight excluding hydrogens is 206 g/mol. The number of ether oxygens (including phenoxy) is 1. The van der Waals surface area contributed by atoms with Crippen LogP contribution in [0.2, 0.25) is 0 Å². The number of hydrogen-bond acceptors (Lipinski definition) is 3. The summed E-state index contributed by atoms with van der Waals surface area (Å²) in [5, 5.41) is 12.5. The van der Waals surface area contributed by atoms with Crippen molar-refractivity contribution in [2.45, 2.75) is 11.8 Å². The van der Waals surface area contributed by atoms with E-state index >= 15 is 0 Å². The summed E-state index contributed by atoms with van der Waals surface area (Å²) in [4.78, 5) is 11.5. The molecule has 1 aliphatic rings. The van der Waals surface area contributed by atoms with Crippen molar-refractivity contribution in [2.24, 2.45) is 0 Å². The molecule has 16 heavy (non-hydrogen) atoms. The topological polar surface area (TPSA) is 58.6 Å². The van der Waals surface area contributed by atoms with Crippen LogP contribution in [0.25, 0.3) is 0 Å². The lowest BCUT2D eigenvalue weighted by Crippen LogP contribution is -2.38. The van der Waals surface area contributed by atoms with E-state index < -0.39 is 11.4 Å². The Balaban J connectivity index is 2.51. The van der Waals surface area contributed by atoms with Gasteiger partial charge in [-0.2, -0.15) is 0 Å². The van der Waals surface area contributed by atoms with Crippen LogP contribution in [-0.2, 0) is 10.2 Å². The van der Waals surface area contributed by atoms with Crippen molar-refractivity contribution in [2.75, 3.05) is 20.2 Å². The number of carboxylic acid groups (broad SMARTS) is 1. The van der Waals surface area contributed by atoms with Crippen LogP contribution in [-0.4, -0.2) is 31.3 Å². The van der Waals surface area contributed by atoms with Crippen LogP contribution in [0.3, 0.4) is 0 Å². The third-order valence-electron chi connectivity index (χ3n) is 3.19. The van der Waals surface area contributed by atoms with Gasteiger partial charge in [0, 0.05) is 12.1 Å². The van der Waals surface area contributed by atoms with Crippen LogP contribution < -0.4 is 10.1 Å². The standard InChI is InChI=1S/C12H15NO3/c1-16-10-5-3-2-4-9(10)12(11(14)15)6-7-13-8-12/h2-5,13H,6-8H2,1H3,(H,14,15). The summed E-state index contributed by atoms with van der Waals surface area (Å²) < 4.78 is 5.24. The minimum Gasteiger partial charge on any atom is -0.496 e. The van der Waals surface area contributed by atoms with Crippen molar-refractivity contribution in [1.29, 1.82) is 0 Å². The first-order chi connectivity index (χ1) is 7.70. The zero-order valence-electron chi connectivity index (χ0n) is 9.19. The van der Waals surface area contributed by atoms with Gasteiger partial charge in [0.1, 0.15) is 11.2 Å². The third kappa shape index (κ3) is 1.55. The molecule has 0 aliphatic carbocycles. The van der Waals surface area contributed by atoms with E-state index in [0.29, 0.717) is 18.7 Å². The van der Waals surface area contributed by atoms with E-state index in [-0.39, 0.29) is 0 Å². The van der Waals surface area contributed by atoms with Crippen molar-refractivity contribution in [3.8, 4) is 5.75 Å². The number of hydrogen-bond donors (Lipinski definition) is 2. The van der Waals surface area contributed by atoms with Crippen molar-refractivity contribution in [1.82, 2.24) is 5.32 Å². The highest BCUT2D eigenvalue weighted by molar-refractivity contribution is 5.83. The highest BCUT2D eigenvalue weighted by Gasteiger charge is 2.44. The Kier molecular flexibility index (Phi) is 2.83. The molecule has 1 aliphatic heterocycles. The van der Waals surface area contributed by atoms with E-state index in [0.717, 1.165) is 12.1 Å². The van der Waals surface area contributed by atoms with Gasteiger partial charge in [0.25, 0.3) is 0 Å². The minimum absolute atomic E-state index is 0.461. The Morgan fingerprint density at radius 2 is 2.25 bits per heavy atom. The van der Waals surface area contributed by atoms with Gasteiger partial charge in [0.2, 0.25) is 0 Å². The van der Waals surface area contributed by atoms with E-state index in [1.165, 1.54) is 0 Å². The monoisotopic (exact) mass is 221 g/mol. The predicted molar refractivity (Wildman–Crippen MR) is 59.8 cm³/mol. The summed E-state index contributed by atoms with van der Waals surface area (Å²) in [6.45, 7) is 1.19. The maximum atomic E-state index is 11.5. The molecule has 1 fully saturated rings. The first-order valence-corrected chi connectivity index (χ1v) is 5.28. The van der Waals surface area contributed by atoms with Gasteiger partial charge in [-0.3, -0.25) is 4.79 Å². The fourth-order valence-electron chi connectivity index (χ4n) is 2.26. The number of aliphatic carboxylic acids is 1. The van der Waals surface area contributed by atoms with E-state index in [1.54, 1.807) is 13.2 Å². The maximum Gasteiger partial charge on any atom is 0.315 e. The summed E-state index contributed by atoms with van der Waals surface area (Å²) >= 11 is 0. The van der Waals surface area contributed by atoms with Gasteiger partial charge in [-0.05, 0) is 19.0 Å². The molecule has 4 nitrogen and oxygen atoms in total. The Morgan fingerprint density at radius 1 is 1.50 bits per heavy atom. The summed E-state index contributed by atoms with van der Waals surface area (Å²) in [6, 6.07) is 7.33. The van der Waals surface area contributed by atoms with Crippen LogP contribution in [0.5, 0.6) is 5.75 Å². The van der Waals surface area contributed by atoms with Gasteiger partial charge in [-0.25, -0.2) is 0 Å². The average Bonchev–Trinajstić information content (AvgIpc) is 2.79. The zero-order valence-corrected chi connectivity index (χ0v) is 9.19. The molecule has 0 spiro atoms. The molecule has 2 N–H and O–H groups in total. The minimum atomic E-state index is -0.841. The summed E-state index contributed by atoms with van der Waals surface area (Å²) in [7, 11) is 1.57. The fraction of sp³-hybridized carbons (Fsp3) is 0.417. The summed E-state index contributed by atoms with van der Waals surface area (Å²) in [5.74, 6) is -0.143. The predicted octanol–water partition coefficient (Wildman–Crippen LogP) is 1.01. The fourth-order valence-corrected chi connectivity index (χ4v) is 2.26. The molecule has 2 rings (SSSR count). The van der Waals surface area contributed by atoms with Crippen LogP contribution >= 0.6 is 0 Å². The molecule has 1 aromatic rings. The Labute approximate surface area is 94.2 Å². The largest absolute Gasteiger partial charge is 0.496 e. The third-order valence-corrected chi connectivity index (χ3v) is 3.19. The highest BCUT2D eigenvalue weighted by atomic mass is 16.5. The second-order valence-corrected chi connectivity index (χ2v) is 4.01. The van der Waals surface area contributed by atoms with Gasteiger partial charge in [-0.15, -0.1) is 0 Å². The lowest BCUT2D eigenvalue weighted by atomic mass is 9.79. The smallest absolute Gasteiger partial charge is 0.315 e. The van der Waals surface area contributed by atoms with Crippen LogP contribution in [0.15, 0.2) is 24.3 Å². The molecule has 86 valence electrons. The van der Waals surface area contributed by atoms with Crippen LogP contribution in [0, 0.1) is 0 Å². The number of para-hydroxylation sites is 1. The molecule has 0 radical (unpaired) electrons. The van der Waals surface area contributed by atoms with Gasteiger partial charge >= 0.3 is 5.97 Å². The van der Waals surface area contributed by atoms with Gasteiger partial charge in [-0.1, -0.05) is 18.2 Å². The van der Waals surface area contributed by atoms with Crippen molar-refractivity contribution in [3.05, 3.63) is 29.8 Å². The van der Waals surface area contributed by atoms with E-state index in [9.17, 15) is 9.90 Å². The van der Waals surface area contributed by atoms with Gasteiger partial charge in [0.05, 0.1) is 7.11 Å². The molecule has 4 heteroatoms. The molecule has 1 saturated heterocycles. The SMILES string of the molecule is COc1ccccc1C1(C(=O)O)CCNC1. The van der Waals surface area contributed by atoms with Crippen LogP contribution in [0.4, 0.5) is 0 Å². The molecule has 1 unspecified atom stereocenters. The Hall–Kier alpha value is -1.55. The number of benzene rings is 1. The highest BCUT2D eigenvalue weighted by Crippen LogP contribution is 2.36. The molecule has 1 heterocycles. The first kappa shape index (κ1) is 11.0. The maximum absolute atomic E-state index is 11.5. The lowest BCUT2D eigenvalue weighted by Gasteiger charge is -2.25. The van der Waals surface area contributed by atoms with Crippen LogP contribution in [0.1, 0.15) is 12.0 Å². The average molecular weight is 221 g/mol. The summed E-state index contributed by atoms with van der Waals surface area (Å²) in [6.07, 6.45) is 0.600. The van der Waals surface area contributed by atoms with Gasteiger partial charge < -0.3 is 15.2 Å². The lowest BCUT2D eigenvalue weighted by molar-refractivity contribution is -0.143. The van der Waals surface area contributed by atoms with E-state index in [1.807, 2.05) is 18.2 Å². The molecule has 0 bridgehead atoms. The quantitative estimate of drug-likeness (QED) is 0.799. The second-order valence-electron chi connectivity index (χ2n) is 4.01. The summed E-state index contributed by atoms with van der Waals surface area (Å²) in [5.41, 5.74) is -0.0814. The molecule has 1 aromatic carbocycles. The van der Waals surface area contributed by atoms with Crippen molar-refractivity contribution in [3.63, 3.8) is 0 Å². The molecule has 0 amide bonds. The number of carbonyl (C=O) groups is 1. The molecule has 0 aromatic heterocycles. The zero-order chi connectivity index (χ0) is 11.6. The van der Waals surface area contributed by atoms with Crippen molar-refractivity contribution >= 4 is 5.97 Å².